The molecule has 0 aromatic heterocycles. The molecule has 0 spiro atoms. The molecule has 0 aromatic carbocycles. The van der Waals surface area contributed by atoms with Gasteiger partial charge in [0.25, 0.3) is 0 Å². The van der Waals surface area contributed by atoms with E-state index in [1.165, 1.54) is 0 Å². The van der Waals surface area contributed by atoms with Crippen molar-refractivity contribution in [2.45, 2.75) is 0 Å². The molecule has 0 aliphatic rings. The first-order valence-electron chi connectivity index (χ1n) is 1.09. The summed E-state index contributed by atoms with van der Waals surface area (Å²) < 4.78 is 0. The number of halogens is 1. The molecule has 1 N–H and O–H groups in total. The SMILES string of the molecule is CN(C)O.F. The number of hydrogen-bond acceptors (Lipinski definition) is 2. The first-order chi connectivity index (χ1) is 1.73. The lowest BCUT2D eigenvalue weighted by atomic mass is 11.2. The van der Waals surface area contributed by atoms with Crippen molar-refractivity contribution in [2.75, 3.05) is 14.1 Å². The molecule has 0 fully saturated rings. The Bertz CT molecular complexity index is 14.4. The average Bonchev–Trinajstić information content (AvgIpc) is 0.811. The first kappa shape index (κ1) is 8.85. The maximum Gasteiger partial charge on any atom is 0.0121 e. The summed E-state index contributed by atoms with van der Waals surface area (Å²) in [4.78, 5) is 0. The molecule has 3 heteroatoms. The van der Waals surface area contributed by atoms with E-state index in [2.05, 4.69) is 0 Å². The Kier molecular flexibility index (Phi) is 6.81. The van der Waals surface area contributed by atoms with Gasteiger partial charge in [0.15, 0.2) is 0 Å². The molecule has 0 saturated carbocycles. The third-order valence-corrected chi connectivity index (χ3v) is 0. The summed E-state index contributed by atoms with van der Waals surface area (Å²) in [5.41, 5.74) is 0. The van der Waals surface area contributed by atoms with E-state index in [1.54, 1.807) is 14.1 Å². The molecule has 0 aliphatic heterocycles. The lowest BCUT2D eigenvalue weighted by Crippen LogP contribution is -2.01. The van der Waals surface area contributed by atoms with E-state index < -0.39 is 0 Å². The summed E-state index contributed by atoms with van der Waals surface area (Å²) in [5, 5.41) is 8.89. The molecule has 0 bridgehead atoms. The van der Waals surface area contributed by atoms with E-state index in [0.717, 1.165) is 5.06 Å². The highest BCUT2D eigenvalue weighted by Crippen LogP contribution is 1.46. The van der Waals surface area contributed by atoms with Gasteiger partial charge in [-0.25, -0.2) is 0 Å². The monoisotopic (exact) mass is 81.1 g/mol. The largest absolute Gasteiger partial charge is 0.315 e. The zero-order chi connectivity index (χ0) is 3.58. The fraction of sp³-hybridized carbons (Fsp3) is 1.00. The zero-order valence-electron chi connectivity index (χ0n) is 3.30. The van der Waals surface area contributed by atoms with Crippen molar-refractivity contribution >= 4 is 0 Å². The predicted molar refractivity (Wildman–Crippen MR) is 18.0 cm³/mol. The Hall–Kier alpha value is -0.150. The topological polar surface area (TPSA) is 23.5 Å². The maximum atomic E-state index is 7.89. The van der Waals surface area contributed by atoms with Crippen LogP contribution in [0.1, 0.15) is 0 Å². The van der Waals surface area contributed by atoms with Crippen molar-refractivity contribution in [2.24, 2.45) is 0 Å². The third-order valence-electron chi connectivity index (χ3n) is 0. The van der Waals surface area contributed by atoms with Crippen molar-refractivity contribution in [3.8, 4) is 0 Å². The van der Waals surface area contributed by atoms with Gasteiger partial charge < -0.3 is 5.21 Å². The number of rotatable bonds is 0. The van der Waals surface area contributed by atoms with Crippen molar-refractivity contribution in [3.05, 3.63) is 0 Å². The second-order valence-corrected chi connectivity index (χ2v) is 0.847. The summed E-state index contributed by atoms with van der Waals surface area (Å²) in [5.74, 6) is 0. The summed E-state index contributed by atoms with van der Waals surface area (Å²) in [7, 11) is 3.11. The van der Waals surface area contributed by atoms with E-state index in [1.807, 2.05) is 0 Å². The summed E-state index contributed by atoms with van der Waals surface area (Å²) in [6, 6.07) is 0. The second kappa shape index (κ2) is 3.85. The van der Waals surface area contributed by atoms with Crippen LogP contribution >= 0.6 is 0 Å². The van der Waals surface area contributed by atoms with Gasteiger partial charge in [0.1, 0.15) is 0 Å². The fourth-order valence-electron chi connectivity index (χ4n) is 0. The first-order valence-corrected chi connectivity index (χ1v) is 1.09. The Morgan fingerprint density at radius 1 is 1.40 bits per heavy atom. The highest BCUT2D eigenvalue weighted by molar-refractivity contribution is 3.90. The normalized spacial score (nSPS) is 7.20. The summed E-state index contributed by atoms with van der Waals surface area (Å²) >= 11 is 0. The van der Waals surface area contributed by atoms with E-state index in [9.17, 15) is 0 Å². The van der Waals surface area contributed by atoms with E-state index in [4.69, 9.17) is 5.21 Å². The van der Waals surface area contributed by atoms with Crippen LogP contribution in [0.4, 0.5) is 4.70 Å². The van der Waals surface area contributed by atoms with Gasteiger partial charge in [0.2, 0.25) is 0 Å². The van der Waals surface area contributed by atoms with Crippen molar-refractivity contribution in [1.29, 1.82) is 0 Å². The molecule has 0 amide bonds. The van der Waals surface area contributed by atoms with Gasteiger partial charge in [-0.1, -0.05) is 0 Å². The average molecular weight is 81.1 g/mol. The molecule has 0 unspecified atom stereocenters. The smallest absolute Gasteiger partial charge is 0.0121 e. The standard InChI is InChI=1S/C2H7NO.FH/c1-3(2)4;/h4H,1-2H3;1H. The Morgan fingerprint density at radius 2 is 1.40 bits per heavy atom. The number of hydroxylamine groups is 2. The predicted octanol–water partition coefficient (Wildman–Crippen LogP) is 0.0897. The van der Waals surface area contributed by atoms with E-state index in [0.29, 0.717) is 0 Å². The molecule has 0 radical (unpaired) electrons. The van der Waals surface area contributed by atoms with Crippen LogP contribution in [0, 0.1) is 0 Å². The molecular formula is C2H8FNO. The van der Waals surface area contributed by atoms with Gasteiger partial charge in [-0.15, -0.1) is 0 Å². The Labute approximate surface area is 30.3 Å². The minimum absolute atomic E-state index is 0. The highest BCUT2D eigenvalue weighted by atomic mass is 19.0. The fourth-order valence-corrected chi connectivity index (χ4v) is 0. The van der Waals surface area contributed by atoms with Crippen LogP contribution in [0.15, 0.2) is 0 Å². The van der Waals surface area contributed by atoms with Gasteiger partial charge >= 0.3 is 0 Å². The Balaban J connectivity index is 0. The zero-order valence-corrected chi connectivity index (χ0v) is 3.30. The van der Waals surface area contributed by atoms with Crippen LogP contribution in [0.3, 0.4) is 0 Å². The van der Waals surface area contributed by atoms with Crippen molar-refractivity contribution < 1.29 is 9.91 Å². The van der Waals surface area contributed by atoms with Gasteiger partial charge in [-0.2, -0.15) is 5.06 Å². The highest BCUT2D eigenvalue weighted by Gasteiger charge is 1.59. The molecule has 0 heterocycles. The molecule has 0 aliphatic carbocycles. The van der Waals surface area contributed by atoms with Crippen molar-refractivity contribution in [3.63, 3.8) is 0 Å². The minimum Gasteiger partial charge on any atom is -0.315 e. The van der Waals surface area contributed by atoms with Gasteiger partial charge in [0.05, 0.1) is 0 Å². The summed E-state index contributed by atoms with van der Waals surface area (Å²) in [6.45, 7) is 0. The maximum absolute atomic E-state index is 7.89. The molecule has 5 heavy (non-hydrogen) atoms. The quantitative estimate of drug-likeness (QED) is 0.418. The van der Waals surface area contributed by atoms with Crippen LogP contribution in [-0.2, 0) is 0 Å². The minimum atomic E-state index is 0. The van der Waals surface area contributed by atoms with Gasteiger partial charge in [-0.05, 0) is 0 Å². The molecule has 0 aromatic rings. The van der Waals surface area contributed by atoms with Crippen LogP contribution in [-0.4, -0.2) is 24.4 Å². The van der Waals surface area contributed by atoms with Crippen LogP contribution in [0.2, 0.25) is 0 Å². The van der Waals surface area contributed by atoms with Crippen molar-refractivity contribution in [1.82, 2.24) is 5.06 Å². The van der Waals surface area contributed by atoms with Crippen LogP contribution < -0.4 is 0 Å². The number of nitrogens with zero attached hydrogens (tertiary/aromatic N) is 1. The molecule has 0 rings (SSSR count). The second-order valence-electron chi connectivity index (χ2n) is 0.847. The lowest BCUT2D eigenvalue weighted by Gasteiger charge is -1.89. The Morgan fingerprint density at radius 3 is 1.40 bits per heavy atom. The van der Waals surface area contributed by atoms with Gasteiger partial charge in [-0.3, -0.25) is 4.70 Å². The van der Waals surface area contributed by atoms with Crippen LogP contribution in [0.25, 0.3) is 0 Å². The van der Waals surface area contributed by atoms with Crippen LogP contribution in [0.5, 0.6) is 0 Å². The molecular weight excluding hydrogens is 73.0 g/mol. The molecule has 0 saturated heterocycles. The van der Waals surface area contributed by atoms with E-state index in [-0.39, 0.29) is 4.70 Å². The van der Waals surface area contributed by atoms with Gasteiger partial charge in [0, 0.05) is 14.1 Å². The van der Waals surface area contributed by atoms with E-state index >= 15 is 0 Å². The molecule has 34 valence electrons. The molecule has 2 nitrogen and oxygen atoms in total. The number of hydrogen-bond donors (Lipinski definition) is 1. The lowest BCUT2D eigenvalue weighted by molar-refractivity contribution is -0.0372. The molecule has 0 atom stereocenters. The third kappa shape index (κ3) is 586. The summed E-state index contributed by atoms with van der Waals surface area (Å²) in [6.07, 6.45) is 0.